The fourth-order valence-corrected chi connectivity index (χ4v) is 3.70. The van der Waals surface area contributed by atoms with Crippen LogP contribution in [-0.2, 0) is 4.74 Å². The lowest BCUT2D eigenvalue weighted by Gasteiger charge is -2.40. The molecule has 1 aliphatic rings. The van der Waals surface area contributed by atoms with Gasteiger partial charge in [-0.25, -0.2) is 4.79 Å². The molecule has 3 aromatic rings. The van der Waals surface area contributed by atoms with Gasteiger partial charge in [0.15, 0.2) is 6.29 Å². The number of benzene rings is 1. The molecule has 9 heteroatoms. The molecule has 3 heterocycles. The second-order valence-corrected chi connectivity index (χ2v) is 7.21. The number of aliphatic hydroxyl groups is 4. The first-order valence-corrected chi connectivity index (χ1v) is 9.46. The van der Waals surface area contributed by atoms with Crippen LogP contribution >= 0.6 is 0 Å². The van der Waals surface area contributed by atoms with E-state index in [0.29, 0.717) is 33.5 Å². The number of hydrogen-bond donors (Lipinski definition) is 5. The number of aromatic nitrogens is 1. The van der Waals surface area contributed by atoms with Crippen molar-refractivity contribution >= 4 is 16.7 Å². The van der Waals surface area contributed by atoms with Crippen LogP contribution in [0.15, 0.2) is 51.8 Å². The predicted molar refractivity (Wildman–Crippen MR) is 108 cm³/mol. The Labute approximate surface area is 171 Å². The summed E-state index contributed by atoms with van der Waals surface area (Å²) < 4.78 is 10.6. The van der Waals surface area contributed by atoms with Crippen molar-refractivity contribution in [2.75, 3.05) is 11.9 Å². The normalized spacial score (nSPS) is 26.6. The summed E-state index contributed by atoms with van der Waals surface area (Å²) in [6.45, 7) is 1.27. The Morgan fingerprint density at radius 3 is 2.63 bits per heavy atom. The van der Waals surface area contributed by atoms with Crippen molar-refractivity contribution in [3.63, 3.8) is 0 Å². The van der Waals surface area contributed by atoms with Crippen LogP contribution in [0.5, 0.6) is 0 Å². The first-order chi connectivity index (χ1) is 14.4. The lowest BCUT2D eigenvalue weighted by Crippen LogP contribution is -2.61. The molecule has 5 atom stereocenters. The van der Waals surface area contributed by atoms with E-state index >= 15 is 0 Å². The summed E-state index contributed by atoms with van der Waals surface area (Å²) in [4.78, 5) is 16.8. The van der Waals surface area contributed by atoms with Gasteiger partial charge in [0.25, 0.3) is 0 Å². The molecule has 4 rings (SSSR count). The van der Waals surface area contributed by atoms with Crippen molar-refractivity contribution in [3.05, 3.63) is 58.6 Å². The minimum Gasteiger partial charge on any atom is -0.422 e. The Balaban J connectivity index is 1.67. The van der Waals surface area contributed by atoms with E-state index in [-0.39, 0.29) is 0 Å². The average Bonchev–Trinajstić information content (AvgIpc) is 2.74. The molecule has 9 nitrogen and oxygen atoms in total. The summed E-state index contributed by atoms with van der Waals surface area (Å²) in [5.74, 6) is 0. The first-order valence-electron chi connectivity index (χ1n) is 9.46. The largest absolute Gasteiger partial charge is 0.422 e. The van der Waals surface area contributed by atoms with Crippen molar-refractivity contribution < 1.29 is 29.6 Å². The monoisotopic (exact) mass is 414 g/mol. The Kier molecular flexibility index (Phi) is 5.54. The van der Waals surface area contributed by atoms with E-state index in [4.69, 9.17) is 9.15 Å². The van der Waals surface area contributed by atoms with Crippen LogP contribution in [0.3, 0.4) is 0 Å². The third kappa shape index (κ3) is 3.57. The lowest BCUT2D eigenvalue weighted by atomic mass is 9.96. The fourth-order valence-electron chi connectivity index (χ4n) is 3.70. The van der Waals surface area contributed by atoms with Crippen LogP contribution in [0, 0.1) is 6.92 Å². The molecule has 0 radical (unpaired) electrons. The van der Waals surface area contributed by atoms with Gasteiger partial charge in [-0.1, -0.05) is 6.07 Å². The summed E-state index contributed by atoms with van der Waals surface area (Å²) in [6, 6.07) is 9.24. The van der Waals surface area contributed by atoms with Gasteiger partial charge >= 0.3 is 5.63 Å². The Bertz CT molecular complexity index is 1100. The molecule has 0 bridgehead atoms. The summed E-state index contributed by atoms with van der Waals surface area (Å²) in [5.41, 5.74) is 1.85. The van der Waals surface area contributed by atoms with Gasteiger partial charge in [-0.2, -0.15) is 0 Å². The molecule has 158 valence electrons. The molecule has 5 N–H and O–H groups in total. The van der Waals surface area contributed by atoms with E-state index in [1.807, 2.05) is 6.92 Å². The highest BCUT2D eigenvalue weighted by Gasteiger charge is 2.43. The zero-order valence-electron chi connectivity index (χ0n) is 16.1. The second kappa shape index (κ2) is 8.13. The van der Waals surface area contributed by atoms with Gasteiger partial charge in [0.05, 0.1) is 17.9 Å². The second-order valence-electron chi connectivity index (χ2n) is 7.21. The minimum absolute atomic E-state index is 0.316. The summed E-state index contributed by atoms with van der Waals surface area (Å²) in [7, 11) is 0. The molecule has 0 spiro atoms. The number of hydrogen-bond acceptors (Lipinski definition) is 9. The zero-order chi connectivity index (χ0) is 21.4. The first kappa shape index (κ1) is 20.5. The molecule has 1 fully saturated rings. The molecule has 0 saturated carbocycles. The molecule has 1 saturated heterocycles. The van der Waals surface area contributed by atoms with Crippen molar-refractivity contribution in [3.8, 4) is 11.3 Å². The topological polar surface area (TPSA) is 145 Å². The molecule has 1 aliphatic heterocycles. The summed E-state index contributed by atoms with van der Waals surface area (Å²) in [6.07, 6.45) is -3.71. The lowest BCUT2D eigenvalue weighted by molar-refractivity contribution is -0.245. The molecule has 1 aromatic carbocycles. The van der Waals surface area contributed by atoms with Crippen molar-refractivity contribution in [1.29, 1.82) is 0 Å². The van der Waals surface area contributed by atoms with Gasteiger partial charge in [-0.05, 0) is 36.8 Å². The molecular weight excluding hydrogens is 392 g/mol. The van der Waals surface area contributed by atoms with E-state index in [9.17, 15) is 25.2 Å². The number of fused-ring (bicyclic) bond motifs is 1. The maximum Gasteiger partial charge on any atom is 0.346 e. The highest BCUT2D eigenvalue weighted by molar-refractivity contribution is 5.88. The zero-order valence-corrected chi connectivity index (χ0v) is 16.1. The van der Waals surface area contributed by atoms with E-state index < -0.39 is 42.9 Å². The van der Waals surface area contributed by atoms with Gasteiger partial charge < -0.3 is 34.9 Å². The quantitative estimate of drug-likeness (QED) is 0.382. The van der Waals surface area contributed by atoms with E-state index in [2.05, 4.69) is 10.3 Å². The van der Waals surface area contributed by atoms with Crippen molar-refractivity contribution in [2.45, 2.75) is 37.6 Å². The molecular formula is C21H22N2O7. The smallest absolute Gasteiger partial charge is 0.346 e. The average molecular weight is 414 g/mol. The van der Waals surface area contributed by atoms with Crippen LogP contribution in [0.4, 0.5) is 5.69 Å². The SMILES string of the molecule is Cc1c(-c2ccccn2)c(=O)oc2cc(NC3C(O)OC(CO)[C@H](O)C3O)ccc12. The molecule has 0 aliphatic carbocycles. The Morgan fingerprint density at radius 2 is 1.93 bits per heavy atom. The third-order valence-electron chi connectivity index (χ3n) is 5.32. The fraction of sp³-hybridized carbons (Fsp3) is 0.333. The molecule has 2 aromatic heterocycles. The van der Waals surface area contributed by atoms with Gasteiger partial charge in [0, 0.05) is 23.3 Å². The summed E-state index contributed by atoms with van der Waals surface area (Å²) in [5, 5.41) is 43.2. The number of ether oxygens (including phenoxy) is 1. The van der Waals surface area contributed by atoms with Crippen LogP contribution < -0.4 is 10.9 Å². The van der Waals surface area contributed by atoms with Crippen LogP contribution in [-0.4, -0.2) is 62.7 Å². The number of aliphatic hydroxyl groups excluding tert-OH is 4. The van der Waals surface area contributed by atoms with Gasteiger partial charge in [0.2, 0.25) is 0 Å². The number of nitrogens with zero attached hydrogens (tertiary/aromatic N) is 1. The van der Waals surface area contributed by atoms with E-state index in [1.54, 1.807) is 42.6 Å². The number of pyridine rings is 1. The third-order valence-corrected chi connectivity index (χ3v) is 5.32. The van der Waals surface area contributed by atoms with E-state index in [1.165, 1.54) is 0 Å². The van der Waals surface area contributed by atoms with Crippen molar-refractivity contribution in [2.24, 2.45) is 0 Å². The van der Waals surface area contributed by atoms with Gasteiger partial charge in [0.1, 0.15) is 29.9 Å². The number of rotatable bonds is 4. The Hall–Kier alpha value is -2.82. The molecule has 0 amide bonds. The highest BCUT2D eigenvalue weighted by Crippen LogP contribution is 2.29. The van der Waals surface area contributed by atoms with Gasteiger partial charge in [-0.15, -0.1) is 0 Å². The number of anilines is 1. The Morgan fingerprint density at radius 1 is 1.13 bits per heavy atom. The van der Waals surface area contributed by atoms with Crippen molar-refractivity contribution in [1.82, 2.24) is 4.98 Å². The summed E-state index contributed by atoms with van der Waals surface area (Å²) >= 11 is 0. The van der Waals surface area contributed by atoms with Crippen LogP contribution in [0.1, 0.15) is 5.56 Å². The van der Waals surface area contributed by atoms with Gasteiger partial charge in [-0.3, -0.25) is 4.98 Å². The van der Waals surface area contributed by atoms with E-state index in [0.717, 1.165) is 0 Å². The molecule has 30 heavy (non-hydrogen) atoms. The predicted octanol–water partition coefficient (Wildman–Crippen LogP) is 0.375. The minimum atomic E-state index is -1.46. The number of aryl methyl sites for hydroxylation is 1. The maximum atomic E-state index is 12.6. The standard InChI is InChI=1S/C21H22N2O7/c1-10-12-6-5-11(23-17-19(26)18(25)15(9-24)30-21(17)28)8-14(12)29-20(27)16(10)13-4-2-3-7-22-13/h2-8,15,17-19,21,23-26,28H,9H2,1H3/t15?,17?,18-,19?,21?/m0/s1. The van der Waals surface area contributed by atoms with Crippen LogP contribution in [0.25, 0.3) is 22.2 Å². The maximum absolute atomic E-state index is 12.6. The highest BCUT2D eigenvalue weighted by atomic mass is 16.6. The number of nitrogens with one attached hydrogen (secondary N) is 1. The van der Waals surface area contributed by atoms with Crippen LogP contribution in [0.2, 0.25) is 0 Å². The molecule has 4 unspecified atom stereocenters.